The predicted molar refractivity (Wildman–Crippen MR) is 98.8 cm³/mol. The van der Waals surface area contributed by atoms with Gasteiger partial charge in [-0.05, 0) is 69.8 Å². The van der Waals surface area contributed by atoms with Gasteiger partial charge in [0.05, 0.1) is 6.61 Å². The van der Waals surface area contributed by atoms with Crippen molar-refractivity contribution < 1.29 is 9.84 Å². The van der Waals surface area contributed by atoms with Crippen molar-refractivity contribution in [3.63, 3.8) is 0 Å². The van der Waals surface area contributed by atoms with Crippen LogP contribution in [0.1, 0.15) is 56.9 Å². The normalized spacial score (nSPS) is 16.1. The number of likely N-dealkylation sites (tertiary alicyclic amines) is 1. The number of ether oxygens (including phenoxy) is 1. The molecule has 1 aromatic rings. The van der Waals surface area contributed by atoms with E-state index in [0.717, 1.165) is 25.2 Å². The van der Waals surface area contributed by atoms with E-state index >= 15 is 0 Å². The first kappa shape index (κ1) is 20.3. The highest BCUT2D eigenvalue weighted by molar-refractivity contribution is 5.85. The van der Waals surface area contributed by atoms with E-state index in [0.29, 0.717) is 12.5 Å². The SMILES string of the molecule is CCOc1ccccc1C1CCN(CCCCCCO)CC1.Cl. The van der Waals surface area contributed by atoms with Gasteiger partial charge < -0.3 is 14.7 Å². The maximum absolute atomic E-state index is 8.79. The molecule has 4 heteroatoms. The van der Waals surface area contributed by atoms with Gasteiger partial charge in [-0.1, -0.05) is 31.0 Å². The van der Waals surface area contributed by atoms with Crippen LogP contribution in [0.5, 0.6) is 5.75 Å². The van der Waals surface area contributed by atoms with E-state index in [-0.39, 0.29) is 12.4 Å². The number of hydrogen-bond acceptors (Lipinski definition) is 3. The average Bonchev–Trinajstić information content (AvgIpc) is 2.56. The molecule has 2 rings (SSSR count). The van der Waals surface area contributed by atoms with E-state index in [1.165, 1.54) is 50.9 Å². The molecular formula is C19H32ClNO2. The smallest absolute Gasteiger partial charge is 0.122 e. The molecule has 0 saturated carbocycles. The molecule has 1 aliphatic heterocycles. The summed E-state index contributed by atoms with van der Waals surface area (Å²) in [6, 6.07) is 8.54. The van der Waals surface area contributed by atoms with Crippen LogP contribution in [0.2, 0.25) is 0 Å². The number of para-hydroxylation sites is 1. The molecule has 0 radical (unpaired) electrons. The summed E-state index contributed by atoms with van der Waals surface area (Å²) in [5, 5.41) is 8.79. The molecule has 0 bridgehead atoms. The molecule has 0 unspecified atom stereocenters. The largest absolute Gasteiger partial charge is 0.494 e. The molecule has 1 N–H and O–H groups in total. The lowest BCUT2D eigenvalue weighted by atomic mass is 9.88. The van der Waals surface area contributed by atoms with E-state index in [4.69, 9.17) is 9.84 Å². The molecule has 0 atom stereocenters. The Hall–Kier alpha value is -0.770. The number of unbranched alkanes of at least 4 members (excludes halogenated alkanes) is 3. The molecule has 1 fully saturated rings. The fraction of sp³-hybridized carbons (Fsp3) is 0.684. The van der Waals surface area contributed by atoms with Crippen LogP contribution in [0.15, 0.2) is 24.3 Å². The summed E-state index contributed by atoms with van der Waals surface area (Å²) in [5.41, 5.74) is 1.40. The molecule has 0 aliphatic carbocycles. The number of piperidine rings is 1. The quantitative estimate of drug-likeness (QED) is 0.682. The van der Waals surface area contributed by atoms with Gasteiger partial charge in [0.1, 0.15) is 5.75 Å². The van der Waals surface area contributed by atoms with Gasteiger partial charge in [0.2, 0.25) is 0 Å². The van der Waals surface area contributed by atoms with Crippen molar-refractivity contribution in [2.24, 2.45) is 0 Å². The van der Waals surface area contributed by atoms with Gasteiger partial charge in [0, 0.05) is 6.61 Å². The van der Waals surface area contributed by atoms with Gasteiger partial charge in [-0.15, -0.1) is 12.4 Å². The summed E-state index contributed by atoms with van der Waals surface area (Å²) >= 11 is 0. The highest BCUT2D eigenvalue weighted by Crippen LogP contribution is 2.34. The summed E-state index contributed by atoms with van der Waals surface area (Å²) in [7, 11) is 0. The minimum Gasteiger partial charge on any atom is -0.494 e. The zero-order chi connectivity index (χ0) is 15.6. The Labute approximate surface area is 147 Å². The first-order valence-electron chi connectivity index (χ1n) is 8.90. The van der Waals surface area contributed by atoms with Crippen molar-refractivity contribution in [3.8, 4) is 5.75 Å². The molecule has 132 valence electrons. The summed E-state index contributed by atoms with van der Waals surface area (Å²) in [6.45, 7) is 6.74. The van der Waals surface area contributed by atoms with Crippen LogP contribution in [0.3, 0.4) is 0 Å². The highest BCUT2D eigenvalue weighted by atomic mass is 35.5. The minimum atomic E-state index is 0. The second-order valence-corrected chi connectivity index (χ2v) is 6.22. The second kappa shape index (κ2) is 11.7. The maximum Gasteiger partial charge on any atom is 0.122 e. The minimum absolute atomic E-state index is 0. The maximum atomic E-state index is 8.79. The summed E-state index contributed by atoms with van der Waals surface area (Å²) in [6.07, 6.45) is 7.10. The molecular weight excluding hydrogens is 310 g/mol. The highest BCUT2D eigenvalue weighted by Gasteiger charge is 2.22. The number of aliphatic hydroxyl groups is 1. The summed E-state index contributed by atoms with van der Waals surface area (Å²) in [4.78, 5) is 2.60. The van der Waals surface area contributed by atoms with Gasteiger partial charge in [-0.3, -0.25) is 0 Å². The third kappa shape index (κ3) is 6.70. The first-order chi connectivity index (χ1) is 10.8. The Morgan fingerprint density at radius 3 is 2.48 bits per heavy atom. The van der Waals surface area contributed by atoms with Crippen molar-refractivity contribution in [1.29, 1.82) is 0 Å². The lowest BCUT2D eigenvalue weighted by Gasteiger charge is -2.32. The molecule has 1 aliphatic rings. The predicted octanol–water partition coefficient (Wildman–Crippen LogP) is 4.24. The van der Waals surface area contributed by atoms with Crippen LogP contribution in [-0.2, 0) is 0 Å². The van der Waals surface area contributed by atoms with Crippen molar-refractivity contribution in [2.75, 3.05) is 32.8 Å². The van der Waals surface area contributed by atoms with Crippen molar-refractivity contribution >= 4 is 12.4 Å². The van der Waals surface area contributed by atoms with Gasteiger partial charge in [0.25, 0.3) is 0 Å². The van der Waals surface area contributed by atoms with E-state index in [1.807, 2.05) is 0 Å². The monoisotopic (exact) mass is 341 g/mol. The Morgan fingerprint density at radius 1 is 1.09 bits per heavy atom. The van der Waals surface area contributed by atoms with Crippen LogP contribution in [-0.4, -0.2) is 42.9 Å². The third-order valence-electron chi connectivity index (χ3n) is 4.63. The van der Waals surface area contributed by atoms with Gasteiger partial charge in [0.15, 0.2) is 0 Å². The molecule has 1 heterocycles. The van der Waals surface area contributed by atoms with Crippen LogP contribution < -0.4 is 4.74 Å². The molecule has 0 spiro atoms. The number of rotatable bonds is 9. The topological polar surface area (TPSA) is 32.7 Å². The van der Waals surface area contributed by atoms with Gasteiger partial charge in [-0.25, -0.2) is 0 Å². The van der Waals surface area contributed by atoms with Crippen LogP contribution in [0.25, 0.3) is 0 Å². The fourth-order valence-electron chi connectivity index (χ4n) is 3.37. The van der Waals surface area contributed by atoms with Gasteiger partial charge in [-0.2, -0.15) is 0 Å². The molecule has 0 aromatic heterocycles. The zero-order valence-corrected chi connectivity index (χ0v) is 15.2. The molecule has 1 aromatic carbocycles. The summed E-state index contributed by atoms with van der Waals surface area (Å²) in [5.74, 6) is 1.72. The molecule has 1 saturated heterocycles. The van der Waals surface area contributed by atoms with E-state index < -0.39 is 0 Å². The zero-order valence-electron chi connectivity index (χ0n) is 14.4. The number of nitrogens with zero attached hydrogens (tertiary/aromatic N) is 1. The number of halogens is 1. The van der Waals surface area contributed by atoms with Gasteiger partial charge >= 0.3 is 0 Å². The fourth-order valence-corrected chi connectivity index (χ4v) is 3.37. The Kier molecular flexibility index (Phi) is 10.3. The number of benzene rings is 1. The van der Waals surface area contributed by atoms with Crippen LogP contribution >= 0.6 is 12.4 Å². The van der Waals surface area contributed by atoms with Crippen LogP contribution in [0, 0.1) is 0 Å². The van der Waals surface area contributed by atoms with Crippen LogP contribution in [0.4, 0.5) is 0 Å². The molecule has 0 amide bonds. The Bertz CT molecular complexity index is 420. The number of aliphatic hydroxyl groups excluding tert-OH is 1. The second-order valence-electron chi connectivity index (χ2n) is 6.22. The summed E-state index contributed by atoms with van der Waals surface area (Å²) < 4.78 is 5.79. The van der Waals surface area contributed by atoms with Crippen molar-refractivity contribution in [1.82, 2.24) is 4.90 Å². The Balaban J connectivity index is 0.00000264. The molecule has 23 heavy (non-hydrogen) atoms. The lowest BCUT2D eigenvalue weighted by molar-refractivity contribution is 0.205. The lowest BCUT2D eigenvalue weighted by Crippen LogP contribution is -2.33. The Morgan fingerprint density at radius 2 is 1.78 bits per heavy atom. The number of hydrogen-bond donors (Lipinski definition) is 1. The van der Waals surface area contributed by atoms with E-state index in [9.17, 15) is 0 Å². The third-order valence-corrected chi connectivity index (χ3v) is 4.63. The first-order valence-corrected chi connectivity index (χ1v) is 8.90. The standard InChI is InChI=1S/C19H31NO2.ClH/c1-2-22-19-10-6-5-9-18(19)17-11-14-20(15-12-17)13-7-3-4-8-16-21;/h5-6,9-10,17,21H,2-4,7-8,11-16H2,1H3;1H. The van der Waals surface area contributed by atoms with Crippen molar-refractivity contribution in [2.45, 2.75) is 51.4 Å². The average molecular weight is 342 g/mol. The van der Waals surface area contributed by atoms with E-state index in [1.54, 1.807) is 0 Å². The van der Waals surface area contributed by atoms with E-state index in [2.05, 4.69) is 36.1 Å². The molecule has 3 nitrogen and oxygen atoms in total. The van der Waals surface area contributed by atoms with Crippen molar-refractivity contribution in [3.05, 3.63) is 29.8 Å².